The van der Waals surface area contributed by atoms with Crippen LogP contribution in [0.5, 0.6) is 5.75 Å². The molecule has 37 heavy (non-hydrogen) atoms. The lowest BCUT2D eigenvalue weighted by atomic mass is 9.75. The molecule has 0 unspecified atom stereocenters. The van der Waals surface area contributed by atoms with Crippen LogP contribution in [0.2, 0.25) is 0 Å². The smallest absolute Gasteiger partial charge is 0.220 e. The summed E-state index contributed by atoms with van der Waals surface area (Å²) < 4.78 is 13.1. The SMILES string of the molecule is COc1ccc(Cn2cc([C@@H](CC(=O)NCCN3CCOCC3)C3CCCCC3)c3ccccc32)cc1. The number of hydrogen-bond donors (Lipinski definition) is 1. The fourth-order valence-electron chi connectivity index (χ4n) is 6.15. The second kappa shape index (κ2) is 12.6. The standard InChI is InChI=1S/C31H41N3O3/c1-36-26-13-11-24(12-14-26)22-34-23-29(27-9-5-6-10-30(27)34)28(25-7-3-2-4-8-25)21-31(35)32-15-16-33-17-19-37-20-18-33/h5-6,9-14,23,25,28H,2-4,7-8,15-22H2,1H3,(H,32,35)/t28-/m0/s1. The molecule has 0 spiro atoms. The summed E-state index contributed by atoms with van der Waals surface area (Å²) in [5.41, 5.74) is 3.81. The van der Waals surface area contributed by atoms with Crippen LogP contribution in [0.1, 0.15) is 55.6 Å². The van der Waals surface area contributed by atoms with E-state index in [1.54, 1.807) is 7.11 Å². The number of morpholine rings is 1. The Morgan fingerprint density at radius 1 is 1.05 bits per heavy atom. The van der Waals surface area contributed by atoms with Crippen LogP contribution in [-0.2, 0) is 16.1 Å². The molecular weight excluding hydrogens is 462 g/mol. The molecule has 0 bridgehead atoms. The van der Waals surface area contributed by atoms with Gasteiger partial charge in [0.1, 0.15) is 5.75 Å². The van der Waals surface area contributed by atoms with Gasteiger partial charge in [-0.3, -0.25) is 9.69 Å². The van der Waals surface area contributed by atoms with E-state index in [0.29, 0.717) is 18.9 Å². The summed E-state index contributed by atoms with van der Waals surface area (Å²) in [7, 11) is 1.70. The highest BCUT2D eigenvalue weighted by molar-refractivity contribution is 5.86. The average molecular weight is 504 g/mol. The Morgan fingerprint density at radius 2 is 1.81 bits per heavy atom. The van der Waals surface area contributed by atoms with Crippen molar-refractivity contribution in [2.75, 3.05) is 46.5 Å². The third-order valence-corrected chi connectivity index (χ3v) is 8.21. The summed E-state index contributed by atoms with van der Waals surface area (Å²) in [5.74, 6) is 1.85. The second-order valence-corrected chi connectivity index (χ2v) is 10.6. The van der Waals surface area contributed by atoms with Gasteiger partial charge in [-0.2, -0.15) is 0 Å². The van der Waals surface area contributed by atoms with Gasteiger partial charge < -0.3 is 19.4 Å². The number of carbonyl (C=O) groups excluding carboxylic acids is 1. The van der Waals surface area contributed by atoms with Crippen LogP contribution in [0.3, 0.4) is 0 Å². The molecule has 1 aliphatic heterocycles. The number of amides is 1. The number of ether oxygens (including phenoxy) is 2. The molecule has 2 aromatic carbocycles. The Balaban J connectivity index is 1.35. The number of nitrogens with zero attached hydrogens (tertiary/aromatic N) is 2. The minimum Gasteiger partial charge on any atom is -0.497 e. The molecule has 1 amide bonds. The number of hydrogen-bond acceptors (Lipinski definition) is 4. The van der Waals surface area contributed by atoms with Gasteiger partial charge in [0.15, 0.2) is 0 Å². The van der Waals surface area contributed by atoms with E-state index in [4.69, 9.17) is 9.47 Å². The van der Waals surface area contributed by atoms with Gasteiger partial charge in [0.2, 0.25) is 5.91 Å². The van der Waals surface area contributed by atoms with Crippen molar-refractivity contribution in [1.29, 1.82) is 0 Å². The predicted molar refractivity (Wildman–Crippen MR) is 148 cm³/mol. The fraction of sp³-hybridized carbons (Fsp3) is 0.516. The molecule has 1 N–H and O–H groups in total. The van der Waals surface area contributed by atoms with Crippen molar-refractivity contribution in [1.82, 2.24) is 14.8 Å². The Morgan fingerprint density at radius 3 is 2.57 bits per heavy atom. The predicted octanol–water partition coefficient (Wildman–Crippen LogP) is 5.20. The summed E-state index contributed by atoms with van der Waals surface area (Å²) in [6.45, 7) is 5.88. The summed E-state index contributed by atoms with van der Waals surface area (Å²) in [6, 6.07) is 17.0. The van der Waals surface area contributed by atoms with E-state index in [-0.39, 0.29) is 11.8 Å². The average Bonchev–Trinajstić information content (AvgIpc) is 3.31. The highest BCUT2D eigenvalue weighted by Gasteiger charge is 2.29. The van der Waals surface area contributed by atoms with Gasteiger partial charge in [0.05, 0.1) is 20.3 Å². The minimum absolute atomic E-state index is 0.177. The van der Waals surface area contributed by atoms with Crippen LogP contribution in [0.4, 0.5) is 0 Å². The molecule has 1 saturated heterocycles. The van der Waals surface area contributed by atoms with Crippen molar-refractivity contribution in [3.63, 3.8) is 0 Å². The minimum atomic E-state index is 0.177. The monoisotopic (exact) mass is 503 g/mol. The first kappa shape index (κ1) is 25.8. The molecule has 2 fully saturated rings. The van der Waals surface area contributed by atoms with Crippen LogP contribution in [0, 0.1) is 5.92 Å². The van der Waals surface area contributed by atoms with Gasteiger partial charge in [-0.25, -0.2) is 0 Å². The second-order valence-electron chi connectivity index (χ2n) is 10.6. The van der Waals surface area contributed by atoms with Crippen molar-refractivity contribution >= 4 is 16.8 Å². The molecule has 2 aliphatic rings. The number of aromatic nitrogens is 1. The van der Waals surface area contributed by atoms with Crippen LogP contribution in [0.25, 0.3) is 10.9 Å². The first-order chi connectivity index (χ1) is 18.2. The maximum atomic E-state index is 13.2. The Labute approximate surface area is 220 Å². The molecule has 5 rings (SSSR count). The van der Waals surface area contributed by atoms with Gasteiger partial charge >= 0.3 is 0 Å². The lowest BCUT2D eigenvalue weighted by Crippen LogP contribution is -2.41. The molecule has 198 valence electrons. The zero-order valence-electron chi connectivity index (χ0n) is 22.2. The quantitative estimate of drug-likeness (QED) is 0.413. The van der Waals surface area contributed by atoms with Crippen LogP contribution in [0.15, 0.2) is 54.7 Å². The summed E-state index contributed by atoms with van der Waals surface area (Å²) in [4.78, 5) is 15.6. The van der Waals surface area contributed by atoms with Crippen molar-refractivity contribution in [3.05, 3.63) is 65.9 Å². The number of para-hydroxylation sites is 1. The normalized spacial score (nSPS) is 18.1. The maximum absolute atomic E-state index is 13.2. The van der Waals surface area contributed by atoms with Gasteiger partial charge in [-0.15, -0.1) is 0 Å². The topological polar surface area (TPSA) is 55.7 Å². The van der Waals surface area contributed by atoms with Crippen LogP contribution < -0.4 is 10.1 Å². The van der Waals surface area contributed by atoms with Gasteiger partial charge in [0, 0.05) is 56.2 Å². The lowest BCUT2D eigenvalue weighted by Gasteiger charge is -2.30. The van der Waals surface area contributed by atoms with E-state index in [1.165, 1.54) is 54.1 Å². The molecule has 1 aliphatic carbocycles. The highest BCUT2D eigenvalue weighted by Crippen LogP contribution is 2.41. The number of benzene rings is 2. The molecule has 0 radical (unpaired) electrons. The Kier molecular flexibility index (Phi) is 8.80. The zero-order valence-corrected chi connectivity index (χ0v) is 22.2. The summed E-state index contributed by atoms with van der Waals surface area (Å²) in [5, 5.41) is 4.52. The maximum Gasteiger partial charge on any atom is 0.220 e. The van der Waals surface area contributed by atoms with Crippen LogP contribution in [-0.4, -0.2) is 61.9 Å². The molecule has 2 heterocycles. The van der Waals surface area contributed by atoms with Gasteiger partial charge in [-0.1, -0.05) is 49.6 Å². The van der Waals surface area contributed by atoms with E-state index in [9.17, 15) is 4.79 Å². The number of nitrogens with one attached hydrogen (secondary N) is 1. The first-order valence-electron chi connectivity index (χ1n) is 14.0. The van der Waals surface area contributed by atoms with Crippen molar-refractivity contribution in [2.24, 2.45) is 5.92 Å². The Bertz CT molecular complexity index is 1140. The number of methoxy groups -OCH3 is 1. The lowest BCUT2D eigenvalue weighted by molar-refractivity contribution is -0.121. The van der Waals surface area contributed by atoms with E-state index < -0.39 is 0 Å². The van der Waals surface area contributed by atoms with Gasteiger partial charge in [0.25, 0.3) is 0 Å². The zero-order chi connectivity index (χ0) is 25.5. The van der Waals surface area contributed by atoms with Crippen molar-refractivity contribution < 1.29 is 14.3 Å². The first-order valence-corrected chi connectivity index (χ1v) is 14.0. The molecule has 1 aromatic heterocycles. The third-order valence-electron chi connectivity index (χ3n) is 8.21. The number of fused-ring (bicyclic) bond motifs is 1. The number of carbonyl (C=O) groups is 1. The molecule has 3 aromatic rings. The third kappa shape index (κ3) is 6.55. The highest BCUT2D eigenvalue weighted by atomic mass is 16.5. The Hall–Kier alpha value is -2.83. The van der Waals surface area contributed by atoms with E-state index in [2.05, 4.69) is 57.4 Å². The van der Waals surface area contributed by atoms with Gasteiger partial charge in [-0.05, 0) is 54.0 Å². The molecule has 6 nitrogen and oxygen atoms in total. The molecule has 1 atom stereocenters. The molecule has 1 saturated carbocycles. The largest absolute Gasteiger partial charge is 0.497 e. The van der Waals surface area contributed by atoms with Crippen molar-refractivity contribution in [3.8, 4) is 5.75 Å². The number of rotatable bonds is 10. The fourth-order valence-corrected chi connectivity index (χ4v) is 6.15. The van der Waals surface area contributed by atoms with E-state index in [0.717, 1.165) is 45.1 Å². The molecule has 6 heteroatoms. The van der Waals surface area contributed by atoms with E-state index >= 15 is 0 Å². The molecular formula is C31H41N3O3. The summed E-state index contributed by atoms with van der Waals surface area (Å²) in [6.07, 6.45) is 9.16. The van der Waals surface area contributed by atoms with E-state index in [1.807, 2.05) is 12.1 Å². The summed E-state index contributed by atoms with van der Waals surface area (Å²) >= 11 is 0. The van der Waals surface area contributed by atoms with Crippen molar-refractivity contribution in [2.45, 2.75) is 51.0 Å². The van der Waals surface area contributed by atoms with Crippen LogP contribution >= 0.6 is 0 Å².